The topological polar surface area (TPSA) is 67.4 Å². The monoisotopic (exact) mass is 376 g/mol. The predicted molar refractivity (Wildman–Crippen MR) is 106 cm³/mol. The maximum absolute atomic E-state index is 12.4. The van der Waals surface area contributed by atoms with Crippen molar-refractivity contribution in [2.75, 3.05) is 13.2 Å². The maximum Gasteiger partial charge on any atom is 0.407 e. The Bertz CT molecular complexity index is 895. The molecule has 3 aliphatic rings. The first-order chi connectivity index (χ1) is 13.7. The summed E-state index contributed by atoms with van der Waals surface area (Å²) < 4.78 is 5.61. The van der Waals surface area contributed by atoms with Crippen LogP contribution in [0.5, 0.6) is 0 Å². The molecule has 1 heterocycles. The van der Waals surface area contributed by atoms with E-state index < -0.39 is 6.09 Å². The van der Waals surface area contributed by atoms with Crippen LogP contribution in [-0.2, 0) is 9.53 Å². The van der Waals surface area contributed by atoms with Crippen molar-refractivity contribution < 1.29 is 14.3 Å². The molecule has 2 fully saturated rings. The summed E-state index contributed by atoms with van der Waals surface area (Å²) in [6, 6.07) is 16.6. The van der Waals surface area contributed by atoms with Gasteiger partial charge < -0.3 is 15.4 Å². The van der Waals surface area contributed by atoms with Gasteiger partial charge in [-0.25, -0.2) is 4.79 Å². The van der Waals surface area contributed by atoms with Crippen LogP contribution in [0.25, 0.3) is 11.1 Å². The minimum absolute atomic E-state index is 0.0572. The number of carbonyl (C=O) groups is 2. The van der Waals surface area contributed by atoms with Gasteiger partial charge in [0.1, 0.15) is 6.61 Å². The van der Waals surface area contributed by atoms with Crippen LogP contribution in [0.4, 0.5) is 4.79 Å². The second-order valence-corrected chi connectivity index (χ2v) is 8.18. The third-order valence-corrected chi connectivity index (χ3v) is 6.67. The zero-order valence-electron chi connectivity index (χ0n) is 15.7. The zero-order valence-corrected chi connectivity index (χ0v) is 15.7. The van der Waals surface area contributed by atoms with Crippen molar-refractivity contribution in [1.29, 1.82) is 0 Å². The second-order valence-electron chi connectivity index (χ2n) is 8.18. The molecule has 2 unspecified atom stereocenters. The van der Waals surface area contributed by atoms with Crippen molar-refractivity contribution in [3.63, 3.8) is 0 Å². The normalized spacial score (nSPS) is 25.0. The number of nitrogens with one attached hydrogen (secondary N) is 2. The van der Waals surface area contributed by atoms with Gasteiger partial charge in [0.25, 0.3) is 0 Å². The highest BCUT2D eigenvalue weighted by molar-refractivity contribution is 5.81. The SMILES string of the molecule is O=C1CC2CCCC2(CNC(=O)OCC2c3ccccc3-c3ccccc32)N1. The van der Waals surface area contributed by atoms with E-state index in [0.717, 1.165) is 19.3 Å². The van der Waals surface area contributed by atoms with Crippen LogP contribution < -0.4 is 10.6 Å². The van der Waals surface area contributed by atoms with Gasteiger partial charge in [0.15, 0.2) is 0 Å². The van der Waals surface area contributed by atoms with Gasteiger partial charge in [0.2, 0.25) is 5.91 Å². The number of amides is 2. The number of hydrogen-bond acceptors (Lipinski definition) is 3. The summed E-state index contributed by atoms with van der Waals surface area (Å²) in [6.07, 6.45) is 3.23. The first-order valence-electron chi connectivity index (χ1n) is 10.1. The molecule has 0 aromatic heterocycles. The van der Waals surface area contributed by atoms with Crippen molar-refractivity contribution in [2.45, 2.75) is 37.1 Å². The second kappa shape index (κ2) is 6.66. The minimum Gasteiger partial charge on any atom is -0.449 e. The summed E-state index contributed by atoms with van der Waals surface area (Å²) in [4.78, 5) is 24.2. The van der Waals surface area contributed by atoms with Crippen LogP contribution in [0.2, 0.25) is 0 Å². The standard InChI is InChI=1S/C23H24N2O3/c26-21-12-15-6-5-11-23(15,25-21)14-24-22(27)28-13-20-18-9-3-1-7-16(18)17-8-2-4-10-19(17)20/h1-4,7-10,15,20H,5-6,11-14H2,(H,24,27)(H,25,26). The Kier molecular flexibility index (Phi) is 4.11. The van der Waals surface area contributed by atoms with Gasteiger partial charge in [-0.05, 0) is 41.0 Å². The number of hydrogen-bond donors (Lipinski definition) is 2. The van der Waals surface area contributed by atoms with Crippen LogP contribution in [0.15, 0.2) is 48.5 Å². The van der Waals surface area contributed by atoms with Gasteiger partial charge in [-0.1, -0.05) is 55.0 Å². The number of alkyl carbamates (subject to hydrolysis) is 1. The summed E-state index contributed by atoms with van der Waals surface area (Å²) in [5.41, 5.74) is 4.56. The number of carbonyl (C=O) groups excluding carboxylic acids is 2. The van der Waals surface area contributed by atoms with E-state index in [-0.39, 0.29) is 17.4 Å². The highest BCUT2D eigenvalue weighted by atomic mass is 16.5. The molecular weight excluding hydrogens is 352 g/mol. The van der Waals surface area contributed by atoms with Crippen LogP contribution in [0.1, 0.15) is 42.7 Å². The third-order valence-electron chi connectivity index (χ3n) is 6.67. The van der Waals surface area contributed by atoms with E-state index in [1.807, 2.05) is 24.3 Å². The van der Waals surface area contributed by atoms with E-state index in [1.54, 1.807) is 0 Å². The molecular formula is C23H24N2O3. The summed E-state index contributed by atoms with van der Waals surface area (Å²) in [5.74, 6) is 0.481. The number of benzene rings is 2. The Morgan fingerprint density at radius 2 is 1.79 bits per heavy atom. The average molecular weight is 376 g/mol. The number of ether oxygens (including phenoxy) is 1. The number of fused-ring (bicyclic) bond motifs is 4. The fraction of sp³-hybridized carbons (Fsp3) is 0.391. The molecule has 0 radical (unpaired) electrons. The quantitative estimate of drug-likeness (QED) is 0.857. The van der Waals surface area contributed by atoms with E-state index in [1.165, 1.54) is 22.3 Å². The molecule has 144 valence electrons. The van der Waals surface area contributed by atoms with E-state index in [9.17, 15) is 9.59 Å². The van der Waals surface area contributed by atoms with Crippen LogP contribution in [0.3, 0.4) is 0 Å². The third kappa shape index (κ3) is 2.77. The summed E-state index contributed by atoms with van der Waals surface area (Å²) in [5, 5.41) is 6.00. The van der Waals surface area contributed by atoms with Gasteiger partial charge in [0, 0.05) is 18.9 Å². The lowest BCUT2D eigenvalue weighted by Gasteiger charge is -2.29. The molecule has 5 heteroatoms. The largest absolute Gasteiger partial charge is 0.449 e. The first-order valence-corrected chi connectivity index (χ1v) is 10.1. The molecule has 2 N–H and O–H groups in total. The van der Waals surface area contributed by atoms with E-state index in [4.69, 9.17) is 4.74 Å². The molecule has 1 saturated heterocycles. The Hall–Kier alpha value is -2.82. The van der Waals surface area contributed by atoms with Gasteiger partial charge in [-0.2, -0.15) is 0 Å². The summed E-state index contributed by atoms with van der Waals surface area (Å²) in [7, 11) is 0. The lowest BCUT2D eigenvalue weighted by Crippen LogP contribution is -2.52. The molecule has 2 aliphatic carbocycles. The highest BCUT2D eigenvalue weighted by Crippen LogP contribution is 2.44. The molecule has 2 amide bonds. The molecule has 2 atom stereocenters. The molecule has 5 nitrogen and oxygen atoms in total. The Morgan fingerprint density at radius 3 is 2.50 bits per heavy atom. The fourth-order valence-corrected chi connectivity index (χ4v) is 5.32. The van der Waals surface area contributed by atoms with Crippen LogP contribution in [0, 0.1) is 5.92 Å². The van der Waals surface area contributed by atoms with E-state index in [2.05, 4.69) is 34.9 Å². The van der Waals surface area contributed by atoms with Gasteiger partial charge in [0.05, 0.1) is 5.54 Å². The van der Waals surface area contributed by atoms with E-state index >= 15 is 0 Å². The van der Waals surface area contributed by atoms with Crippen molar-refractivity contribution in [3.05, 3.63) is 59.7 Å². The van der Waals surface area contributed by atoms with Crippen molar-refractivity contribution in [3.8, 4) is 11.1 Å². The first kappa shape index (κ1) is 17.3. The van der Waals surface area contributed by atoms with Gasteiger partial charge >= 0.3 is 6.09 Å². The molecule has 0 spiro atoms. The lowest BCUT2D eigenvalue weighted by molar-refractivity contribution is -0.120. The molecule has 1 saturated carbocycles. The summed E-state index contributed by atoms with van der Waals surface area (Å²) >= 11 is 0. The van der Waals surface area contributed by atoms with Crippen LogP contribution >= 0.6 is 0 Å². The predicted octanol–water partition coefficient (Wildman–Crippen LogP) is 3.58. The highest BCUT2D eigenvalue weighted by Gasteiger charge is 2.49. The molecule has 28 heavy (non-hydrogen) atoms. The van der Waals surface area contributed by atoms with Gasteiger partial charge in [-0.3, -0.25) is 4.79 Å². The lowest BCUT2D eigenvalue weighted by atomic mass is 9.89. The van der Waals surface area contributed by atoms with Crippen molar-refractivity contribution in [2.24, 2.45) is 5.92 Å². The van der Waals surface area contributed by atoms with Crippen LogP contribution in [-0.4, -0.2) is 30.7 Å². The Labute approximate surface area is 164 Å². The van der Waals surface area contributed by atoms with Crippen molar-refractivity contribution in [1.82, 2.24) is 10.6 Å². The maximum atomic E-state index is 12.4. The Balaban J connectivity index is 1.24. The zero-order chi connectivity index (χ0) is 19.1. The molecule has 2 aromatic carbocycles. The minimum atomic E-state index is -0.414. The molecule has 1 aliphatic heterocycles. The smallest absolute Gasteiger partial charge is 0.407 e. The van der Waals surface area contributed by atoms with E-state index in [0.29, 0.717) is 25.5 Å². The Morgan fingerprint density at radius 1 is 1.11 bits per heavy atom. The van der Waals surface area contributed by atoms with Crippen molar-refractivity contribution >= 4 is 12.0 Å². The summed E-state index contributed by atoms with van der Waals surface area (Å²) in [6.45, 7) is 0.753. The molecule has 5 rings (SSSR count). The fourth-order valence-electron chi connectivity index (χ4n) is 5.32. The number of rotatable bonds is 4. The van der Waals surface area contributed by atoms with Gasteiger partial charge in [-0.15, -0.1) is 0 Å². The molecule has 2 aromatic rings. The average Bonchev–Trinajstić information content (AvgIpc) is 3.33. The molecule has 0 bridgehead atoms.